The number of nitrogens with zero attached hydrogens (tertiary/aromatic N) is 1. The number of nitrogens with one attached hydrogen (secondary N) is 1. The smallest absolute Gasteiger partial charge is 0.234 e. The van der Waals surface area contributed by atoms with Gasteiger partial charge in [-0.05, 0) is 45.0 Å². The Labute approximate surface area is 131 Å². The lowest BCUT2D eigenvalue weighted by Crippen LogP contribution is -2.38. The van der Waals surface area contributed by atoms with Gasteiger partial charge in [0.2, 0.25) is 5.91 Å². The molecular formula is C18H24N2O2. The topological polar surface area (TPSA) is 45.5 Å². The molecule has 0 bridgehead atoms. The van der Waals surface area contributed by atoms with Gasteiger partial charge >= 0.3 is 0 Å². The van der Waals surface area contributed by atoms with Gasteiger partial charge < -0.3 is 9.73 Å². The highest BCUT2D eigenvalue weighted by Crippen LogP contribution is 2.23. The highest BCUT2D eigenvalue weighted by atomic mass is 16.3. The molecule has 0 aliphatic carbocycles. The molecule has 1 saturated heterocycles. The molecule has 2 aromatic rings. The first-order valence-electron chi connectivity index (χ1n) is 8.22. The number of carbonyl (C=O) groups is 1. The molecule has 1 aromatic carbocycles. The number of benzene rings is 1. The lowest BCUT2D eigenvalue weighted by molar-refractivity contribution is -0.123. The summed E-state index contributed by atoms with van der Waals surface area (Å²) in [6, 6.07) is 9.82. The van der Waals surface area contributed by atoms with Crippen molar-refractivity contribution in [1.82, 2.24) is 10.2 Å². The summed E-state index contributed by atoms with van der Waals surface area (Å²) in [5.41, 5.74) is 0.867. The van der Waals surface area contributed by atoms with Gasteiger partial charge in [0.1, 0.15) is 11.3 Å². The number of rotatable bonds is 4. The van der Waals surface area contributed by atoms with Gasteiger partial charge in [0, 0.05) is 5.39 Å². The lowest BCUT2D eigenvalue weighted by Gasteiger charge is -2.20. The average Bonchev–Trinajstić information content (AvgIpc) is 2.79. The third-order valence-corrected chi connectivity index (χ3v) is 4.31. The molecule has 1 N–H and O–H groups in total. The summed E-state index contributed by atoms with van der Waals surface area (Å²) < 4.78 is 5.81. The third kappa shape index (κ3) is 3.69. The number of hydrogen-bond donors (Lipinski definition) is 1. The maximum atomic E-state index is 12.2. The van der Waals surface area contributed by atoms with E-state index < -0.39 is 0 Å². The summed E-state index contributed by atoms with van der Waals surface area (Å²) >= 11 is 0. The van der Waals surface area contributed by atoms with Gasteiger partial charge in [0.25, 0.3) is 0 Å². The van der Waals surface area contributed by atoms with E-state index in [1.807, 2.05) is 37.3 Å². The molecule has 1 amide bonds. The van der Waals surface area contributed by atoms with Crippen molar-refractivity contribution in [3.63, 3.8) is 0 Å². The van der Waals surface area contributed by atoms with Crippen LogP contribution in [0, 0.1) is 0 Å². The Bertz CT molecular complexity index is 594. The molecular weight excluding hydrogens is 276 g/mol. The summed E-state index contributed by atoms with van der Waals surface area (Å²) in [5, 5.41) is 4.13. The molecule has 4 nitrogen and oxygen atoms in total. The van der Waals surface area contributed by atoms with E-state index in [0.29, 0.717) is 6.54 Å². The van der Waals surface area contributed by atoms with Crippen molar-refractivity contribution >= 4 is 16.9 Å². The Kier molecular flexibility index (Phi) is 4.78. The zero-order chi connectivity index (χ0) is 15.4. The van der Waals surface area contributed by atoms with Crippen molar-refractivity contribution < 1.29 is 9.21 Å². The van der Waals surface area contributed by atoms with Gasteiger partial charge in [-0.25, -0.2) is 0 Å². The number of para-hydroxylation sites is 1. The Morgan fingerprint density at radius 1 is 1.23 bits per heavy atom. The molecule has 1 aliphatic heterocycles. The van der Waals surface area contributed by atoms with E-state index in [0.717, 1.165) is 29.8 Å². The van der Waals surface area contributed by atoms with Gasteiger partial charge in [-0.2, -0.15) is 0 Å². The van der Waals surface area contributed by atoms with E-state index in [1.165, 1.54) is 25.7 Å². The van der Waals surface area contributed by atoms with Crippen molar-refractivity contribution in [2.75, 3.05) is 19.6 Å². The second-order valence-corrected chi connectivity index (χ2v) is 6.17. The highest BCUT2D eigenvalue weighted by Gasteiger charge is 2.17. The second kappa shape index (κ2) is 6.97. The SMILES string of the molecule is C[C@H](NC(=O)CN1CCCCCC1)c1cc2ccccc2o1. The van der Waals surface area contributed by atoms with Crippen molar-refractivity contribution in [2.45, 2.75) is 38.6 Å². The molecule has 0 spiro atoms. The Morgan fingerprint density at radius 2 is 1.95 bits per heavy atom. The molecule has 0 radical (unpaired) electrons. The maximum Gasteiger partial charge on any atom is 0.234 e. The summed E-state index contributed by atoms with van der Waals surface area (Å²) in [5.74, 6) is 0.889. The van der Waals surface area contributed by atoms with Crippen LogP contribution in [0.3, 0.4) is 0 Å². The van der Waals surface area contributed by atoms with E-state index in [2.05, 4.69) is 10.2 Å². The predicted octanol–water partition coefficient (Wildman–Crippen LogP) is 3.49. The quantitative estimate of drug-likeness (QED) is 0.940. The van der Waals surface area contributed by atoms with Gasteiger partial charge in [-0.15, -0.1) is 0 Å². The number of likely N-dealkylation sites (tertiary alicyclic amines) is 1. The highest BCUT2D eigenvalue weighted by molar-refractivity contribution is 5.80. The first-order chi connectivity index (χ1) is 10.7. The molecule has 1 aliphatic rings. The largest absolute Gasteiger partial charge is 0.459 e. The van der Waals surface area contributed by atoms with Crippen molar-refractivity contribution in [3.8, 4) is 0 Å². The van der Waals surface area contributed by atoms with Crippen LogP contribution in [0.5, 0.6) is 0 Å². The van der Waals surface area contributed by atoms with Gasteiger partial charge in [0.05, 0.1) is 12.6 Å². The number of carbonyl (C=O) groups excluding carboxylic acids is 1. The van der Waals surface area contributed by atoms with Crippen LogP contribution in [0.4, 0.5) is 0 Å². The van der Waals surface area contributed by atoms with E-state index >= 15 is 0 Å². The summed E-state index contributed by atoms with van der Waals surface area (Å²) in [6.45, 7) is 4.53. The second-order valence-electron chi connectivity index (χ2n) is 6.17. The Morgan fingerprint density at radius 3 is 2.68 bits per heavy atom. The Hall–Kier alpha value is -1.81. The van der Waals surface area contributed by atoms with Crippen LogP contribution >= 0.6 is 0 Å². The zero-order valence-electron chi connectivity index (χ0n) is 13.2. The van der Waals surface area contributed by atoms with Gasteiger partial charge in [0.15, 0.2) is 0 Å². The minimum atomic E-state index is -0.105. The maximum absolute atomic E-state index is 12.2. The summed E-state index contributed by atoms with van der Waals surface area (Å²) in [7, 11) is 0. The molecule has 22 heavy (non-hydrogen) atoms. The first-order valence-corrected chi connectivity index (χ1v) is 8.22. The molecule has 1 aromatic heterocycles. The molecule has 0 saturated carbocycles. The third-order valence-electron chi connectivity index (χ3n) is 4.31. The fourth-order valence-corrected chi connectivity index (χ4v) is 3.07. The van der Waals surface area contributed by atoms with Crippen LogP contribution in [0.25, 0.3) is 11.0 Å². The molecule has 0 unspecified atom stereocenters. The average molecular weight is 300 g/mol. The Balaban J connectivity index is 1.58. The van der Waals surface area contributed by atoms with Crippen molar-refractivity contribution in [3.05, 3.63) is 36.1 Å². The fraction of sp³-hybridized carbons (Fsp3) is 0.500. The molecule has 1 fully saturated rings. The van der Waals surface area contributed by atoms with Gasteiger partial charge in [-0.1, -0.05) is 31.0 Å². The molecule has 4 heteroatoms. The molecule has 118 valence electrons. The number of hydrogen-bond acceptors (Lipinski definition) is 3. The summed E-state index contributed by atoms with van der Waals surface area (Å²) in [6.07, 6.45) is 4.97. The first kappa shape index (κ1) is 15.1. The fourth-order valence-electron chi connectivity index (χ4n) is 3.07. The van der Waals surface area contributed by atoms with Gasteiger partial charge in [-0.3, -0.25) is 9.69 Å². The van der Waals surface area contributed by atoms with E-state index in [4.69, 9.17) is 4.42 Å². The van der Waals surface area contributed by atoms with Crippen LogP contribution in [0.1, 0.15) is 44.4 Å². The van der Waals surface area contributed by atoms with E-state index in [-0.39, 0.29) is 11.9 Å². The molecule has 2 heterocycles. The van der Waals surface area contributed by atoms with Crippen molar-refractivity contribution in [2.24, 2.45) is 0 Å². The normalized spacial score (nSPS) is 18.0. The monoisotopic (exact) mass is 300 g/mol. The number of amides is 1. The zero-order valence-corrected chi connectivity index (χ0v) is 13.2. The lowest BCUT2D eigenvalue weighted by atomic mass is 10.2. The van der Waals surface area contributed by atoms with Crippen LogP contribution in [-0.4, -0.2) is 30.4 Å². The predicted molar refractivity (Wildman–Crippen MR) is 87.7 cm³/mol. The van der Waals surface area contributed by atoms with Crippen LogP contribution in [0.15, 0.2) is 34.7 Å². The van der Waals surface area contributed by atoms with Crippen LogP contribution < -0.4 is 5.32 Å². The van der Waals surface area contributed by atoms with Crippen LogP contribution in [-0.2, 0) is 4.79 Å². The molecule has 1 atom stereocenters. The number of fused-ring (bicyclic) bond motifs is 1. The van der Waals surface area contributed by atoms with E-state index in [1.54, 1.807) is 0 Å². The van der Waals surface area contributed by atoms with Crippen LogP contribution in [0.2, 0.25) is 0 Å². The van der Waals surface area contributed by atoms with E-state index in [9.17, 15) is 4.79 Å². The van der Waals surface area contributed by atoms with Crippen molar-refractivity contribution in [1.29, 1.82) is 0 Å². The standard InChI is InChI=1S/C18H24N2O2/c1-14(17-12-15-8-4-5-9-16(15)22-17)19-18(21)13-20-10-6-2-3-7-11-20/h4-5,8-9,12,14H,2-3,6-7,10-11,13H2,1H3,(H,19,21)/t14-/m0/s1. The summed E-state index contributed by atoms with van der Waals surface area (Å²) in [4.78, 5) is 14.5. The number of furan rings is 1. The molecule has 3 rings (SSSR count). The minimum Gasteiger partial charge on any atom is -0.459 e. The minimum absolute atomic E-state index is 0.0786.